The third-order valence-corrected chi connectivity index (χ3v) is 7.82. The topological polar surface area (TPSA) is 92.8 Å². The van der Waals surface area contributed by atoms with E-state index < -0.39 is 11.9 Å². The lowest BCUT2D eigenvalue weighted by Crippen LogP contribution is -3.17. The summed E-state index contributed by atoms with van der Waals surface area (Å²) in [6, 6.07) is 14.5. The van der Waals surface area contributed by atoms with Gasteiger partial charge in [0.1, 0.15) is 23.7 Å². The molecular weight excluding hydrogens is 462 g/mol. The van der Waals surface area contributed by atoms with E-state index in [-0.39, 0.29) is 36.5 Å². The number of phenols is 2. The molecule has 2 aliphatic rings. The highest BCUT2D eigenvalue weighted by atomic mass is 32.2. The quantitative estimate of drug-likeness (QED) is 0.373. The van der Waals surface area contributed by atoms with Crippen LogP contribution in [-0.2, 0) is 14.2 Å². The fraction of sp³-hybridized carbons (Fsp3) is 0.500. The maximum atomic E-state index is 9.86. The first-order chi connectivity index (χ1) is 15.8. The molecule has 4 atom stereocenters. The highest BCUT2D eigenvalue weighted by molar-refractivity contribution is 7.99. The molecule has 2 aromatic rings. The molecule has 7 nitrogen and oxygen atoms in total. The lowest BCUT2D eigenvalue weighted by Gasteiger charge is -2.29. The number of rotatable bonds is 10. The fourth-order valence-electron chi connectivity index (χ4n) is 4.25. The van der Waals surface area contributed by atoms with Crippen LogP contribution in [0.15, 0.2) is 58.3 Å². The van der Waals surface area contributed by atoms with Crippen molar-refractivity contribution in [2.75, 3.05) is 31.2 Å². The predicted molar refractivity (Wildman–Crippen MR) is 128 cm³/mol. The van der Waals surface area contributed by atoms with Gasteiger partial charge in [0.2, 0.25) is 6.23 Å². The second-order valence-electron chi connectivity index (χ2n) is 8.69. The number of benzene rings is 2. The highest BCUT2D eigenvalue weighted by Gasteiger charge is 2.58. The lowest BCUT2D eigenvalue weighted by molar-refractivity contribution is -0.945. The Balaban J connectivity index is 1.41. The van der Waals surface area contributed by atoms with Crippen molar-refractivity contribution < 1.29 is 34.4 Å². The average Bonchev–Trinajstić information content (AvgIpc) is 3.28. The van der Waals surface area contributed by atoms with Crippen molar-refractivity contribution in [3.05, 3.63) is 48.5 Å². The number of fused-ring (bicyclic) bond motifs is 1. The number of quaternary nitrogens is 1. The Morgan fingerprint density at radius 1 is 0.818 bits per heavy atom. The van der Waals surface area contributed by atoms with Crippen LogP contribution in [0.3, 0.4) is 0 Å². The average molecular weight is 495 g/mol. The zero-order valence-electron chi connectivity index (χ0n) is 18.8. The van der Waals surface area contributed by atoms with Crippen molar-refractivity contribution >= 4 is 23.5 Å². The molecule has 0 aliphatic carbocycles. The van der Waals surface area contributed by atoms with Crippen LogP contribution in [0, 0.1) is 0 Å². The molecule has 0 aromatic heterocycles. The normalized spacial score (nSPS) is 26.1. The number of aromatic hydroxyl groups is 2. The van der Waals surface area contributed by atoms with E-state index >= 15 is 0 Å². The molecule has 2 aliphatic heterocycles. The molecule has 2 heterocycles. The summed E-state index contributed by atoms with van der Waals surface area (Å²) >= 11 is 3.47. The molecule has 0 amide bonds. The molecular formula is C24H32NO6S2+. The van der Waals surface area contributed by atoms with E-state index in [1.165, 1.54) is 4.90 Å². The SMILES string of the molecule is CC1(C)O[C@@H]2[C@@H](CO)OC([NH+](CCSc3ccc(O)cc3)CCSc3ccc(O)cc3)[C@@H]2O1. The number of hydrogen-bond acceptors (Lipinski definition) is 8. The van der Waals surface area contributed by atoms with E-state index in [1.807, 2.05) is 38.1 Å². The predicted octanol–water partition coefficient (Wildman–Crippen LogP) is 2.10. The van der Waals surface area contributed by atoms with Gasteiger partial charge in [0, 0.05) is 21.3 Å². The molecule has 1 unspecified atom stereocenters. The summed E-state index contributed by atoms with van der Waals surface area (Å²) in [5, 5.41) is 28.9. The highest BCUT2D eigenvalue weighted by Crippen LogP contribution is 2.37. The van der Waals surface area contributed by atoms with Gasteiger partial charge < -0.3 is 34.4 Å². The van der Waals surface area contributed by atoms with E-state index in [1.54, 1.807) is 47.8 Å². The molecule has 0 saturated carbocycles. The Bertz CT molecular complexity index is 843. The van der Waals surface area contributed by atoms with Crippen LogP contribution in [-0.4, -0.2) is 76.8 Å². The molecule has 2 aromatic carbocycles. The Labute approximate surface area is 203 Å². The van der Waals surface area contributed by atoms with E-state index in [0.717, 1.165) is 34.4 Å². The van der Waals surface area contributed by atoms with E-state index in [4.69, 9.17) is 14.2 Å². The molecule has 2 saturated heterocycles. The summed E-state index contributed by atoms with van der Waals surface area (Å²) < 4.78 is 18.5. The van der Waals surface area contributed by atoms with Crippen LogP contribution in [0.25, 0.3) is 0 Å². The van der Waals surface area contributed by atoms with Crippen molar-refractivity contribution in [2.45, 2.75) is 54.0 Å². The number of aliphatic hydroxyl groups excluding tert-OH is 1. The molecule has 2 fully saturated rings. The molecule has 33 heavy (non-hydrogen) atoms. The monoisotopic (exact) mass is 494 g/mol. The molecule has 0 spiro atoms. The standard InChI is InChI=1S/C24H31NO6S2/c1-24(2)30-21-20(15-26)29-23(22(21)31-24)25(11-13-32-18-7-3-16(27)4-8-18)12-14-33-19-9-5-17(28)6-10-19/h3-10,20-23,26-28H,11-15H2,1-2H3/p+1/t20-,21-,22-,23?/m1/s1. The van der Waals surface area contributed by atoms with E-state index in [0.29, 0.717) is 0 Å². The van der Waals surface area contributed by atoms with Gasteiger partial charge in [-0.05, 0) is 62.4 Å². The first-order valence-electron chi connectivity index (χ1n) is 11.1. The summed E-state index contributed by atoms with van der Waals surface area (Å²) in [4.78, 5) is 3.45. The van der Waals surface area contributed by atoms with Crippen molar-refractivity contribution in [2.24, 2.45) is 0 Å². The van der Waals surface area contributed by atoms with E-state index in [2.05, 4.69) is 0 Å². The minimum absolute atomic E-state index is 0.102. The van der Waals surface area contributed by atoms with Crippen LogP contribution >= 0.6 is 23.5 Å². The van der Waals surface area contributed by atoms with Crippen LogP contribution in [0.1, 0.15) is 13.8 Å². The van der Waals surface area contributed by atoms with Crippen molar-refractivity contribution in [1.82, 2.24) is 0 Å². The first-order valence-corrected chi connectivity index (χ1v) is 13.1. The minimum atomic E-state index is -0.697. The van der Waals surface area contributed by atoms with Crippen molar-refractivity contribution in [3.63, 3.8) is 0 Å². The Morgan fingerprint density at radius 2 is 1.30 bits per heavy atom. The van der Waals surface area contributed by atoms with Gasteiger partial charge in [-0.3, -0.25) is 0 Å². The smallest absolute Gasteiger partial charge is 0.221 e. The van der Waals surface area contributed by atoms with Gasteiger partial charge in [0.15, 0.2) is 11.9 Å². The lowest BCUT2D eigenvalue weighted by atomic mass is 10.1. The minimum Gasteiger partial charge on any atom is -0.508 e. The maximum absolute atomic E-state index is 9.86. The first kappa shape index (κ1) is 24.7. The van der Waals surface area contributed by atoms with Gasteiger partial charge in [0.05, 0.1) is 19.7 Å². The Morgan fingerprint density at radius 3 is 1.79 bits per heavy atom. The van der Waals surface area contributed by atoms with Gasteiger partial charge in [-0.2, -0.15) is 0 Å². The zero-order valence-corrected chi connectivity index (χ0v) is 20.5. The second-order valence-corrected chi connectivity index (χ2v) is 11.0. The number of thioether (sulfide) groups is 2. The third kappa shape index (κ3) is 6.36. The number of ether oxygens (including phenoxy) is 3. The molecule has 4 N–H and O–H groups in total. The van der Waals surface area contributed by atoms with Gasteiger partial charge in [-0.15, -0.1) is 23.5 Å². The third-order valence-electron chi connectivity index (χ3n) is 5.79. The summed E-state index contributed by atoms with van der Waals surface area (Å²) in [7, 11) is 0. The van der Waals surface area contributed by atoms with E-state index in [9.17, 15) is 15.3 Å². The second kappa shape index (κ2) is 10.9. The molecule has 9 heteroatoms. The molecule has 0 radical (unpaired) electrons. The van der Waals surface area contributed by atoms with Crippen LogP contribution in [0.5, 0.6) is 11.5 Å². The van der Waals surface area contributed by atoms with Gasteiger partial charge in [-0.25, -0.2) is 0 Å². The summed E-state index contributed by atoms with van der Waals surface area (Å²) in [5.41, 5.74) is 0. The largest absolute Gasteiger partial charge is 0.508 e. The van der Waals surface area contributed by atoms with Crippen LogP contribution in [0.4, 0.5) is 0 Å². The number of hydrogen-bond donors (Lipinski definition) is 4. The molecule has 4 rings (SSSR count). The Kier molecular flexibility index (Phi) is 8.11. The van der Waals surface area contributed by atoms with Crippen molar-refractivity contribution in [1.29, 1.82) is 0 Å². The van der Waals surface area contributed by atoms with Gasteiger partial charge >= 0.3 is 0 Å². The summed E-state index contributed by atoms with van der Waals surface area (Å²) in [5.74, 6) is 1.57. The van der Waals surface area contributed by atoms with Crippen molar-refractivity contribution in [3.8, 4) is 11.5 Å². The summed E-state index contributed by atoms with van der Waals surface area (Å²) in [6.45, 7) is 5.39. The fourth-order valence-corrected chi connectivity index (χ4v) is 6.11. The van der Waals surface area contributed by atoms with Crippen LogP contribution < -0.4 is 4.90 Å². The number of phenolic OH excluding ortho intramolecular Hbond substituents is 2. The number of aliphatic hydroxyl groups is 1. The molecule has 0 bridgehead atoms. The zero-order chi connectivity index (χ0) is 23.4. The summed E-state index contributed by atoms with van der Waals surface area (Å²) in [6.07, 6.45) is -1.13. The van der Waals surface area contributed by atoms with Gasteiger partial charge in [0.25, 0.3) is 0 Å². The van der Waals surface area contributed by atoms with Gasteiger partial charge in [-0.1, -0.05) is 0 Å². The maximum Gasteiger partial charge on any atom is 0.221 e. The Hall–Kier alpha value is -1.46. The number of nitrogens with one attached hydrogen (secondary N) is 1. The molecule has 180 valence electrons. The van der Waals surface area contributed by atoms with Crippen LogP contribution in [0.2, 0.25) is 0 Å².